The molecule has 31 heavy (non-hydrogen) atoms. The lowest BCUT2D eigenvalue weighted by molar-refractivity contribution is -0.146. The van der Waals surface area contributed by atoms with Crippen molar-refractivity contribution in [3.05, 3.63) is 46.8 Å². The molecule has 0 radical (unpaired) electrons. The number of thiophene rings is 1. The van der Waals surface area contributed by atoms with E-state index in [4.69, 9.17) is 15.2 Å². The summed E-state index contributed by atoms with van der Waals surface area (Å²) in [4.78, 5) is 35.5. The van der Waals surface area contributed by atoms with E-state index in [1.807, 2.05) is 0 Å². The van der Waals surface area contributed by atoms with E-state index in [-0.39, 0.29) is 23.7 Å². The lowest BCUT2D eigenvalue weighted by Gasteiger charge is -2.25. The minimum absolute atomic E-state index is 0.148. The molecular weight excluding hydrogens is 446 g/mol. The Morgan fingerprint density at radius 1 is 1.10 bits per heavy atom. The highest BCUT2D eigenvalue weighted by atomic mass is 32.2. The number of sulfonamides is 1. The van der Waals surface area contributed by atoms with E-state index < -0.39 is 34.4 Å². The summed E-state index contributed by atoms with van der Waals surface area (Å²) in [6.07, 6.45) is -0.149. The van der Waals surface area contributed by atoms with E-state index in [1.54, 1.807) is 6.07 Å². The number of morpholine rings is 1. The summed E-state index contributed by atoms with van der Waals surface area (Å²) >= 11 is 0.993. The van der Waals surface area contributed by atoms with E-state index in [0.717, 1.165) is 11.3 Å². The van der Waals surface area contributed by atoms with Gasteiger partial charge in [-0.2, -0.15) is 4.31 Å². The molecular formula is C19H21N3O7S2. The maximum atomic E-state index is 12.6. The molecule has 2 amide bonds. The maximum absolute atomic E-state index is 12.6. The van der Waals surface area contributed by atoms with Gasteiger partial charge in [0.2, 0.25) is 5.91 Å². The van der Waals surface area contributed by atoms with Crippen LogP contribution in [0, 0.1) is 0 Å². The summed E-state index contributed by atoms with van der Waals surface area (Å²) in [6.45, 7) is 0.777. The minimum atomic E-state index is -3.62. The van der Waals surface area contributed by atoms with Gasteiger partial charge in [-0.05, 0) is 36.4 Å². The van der Waals surface area contributed by atoms with Crippen molar-refractivity contribution < 1.29 is 32.3 Å². The Kier molecular flexibility index (Phi) is 7.38. The number of carbonyl (C=O) groups excluding carboxylic acids is 3. The zero-order valence-corrected chi connectivity index (χ0v) is 18.0. The number of carbonyl (C=O) groups is 3. The van der Waals surface area contributed by atoms with Crippen molar-refractivity contribution >= 4 is 44.8 Å². The van der Waals surface area contributed by atoms with Gasteiger partial charge >= 0.3 is 5.97 Å². The SMILES string of the molecule is NC(=O)c1ccc(NC(=O)COC(=O)Cc2ccc(S(=O)(=O)N3CCOCC3)s2)cc1. The van der Waals surface area contributed by atoms with Crippen molar-refractivity contribution in [2.75, 3.05) is 38.2 Å². The van der Waals surface area contributed by atoms with Crippen molar-refractivity contribution in [3.8, 4) is 0 Å². The molecule has 0 spiro atoms. The topological polar surface area (TPSA) is 145 Å². The van der Waals surface area contributed by atoms with Crippen molar-refractivity contribution in [1.82, 2.24) is 4.31 Å². The molecule has 12 heteroatoms. The van der Waals surface area contributed by atoms with Gasteiger partial charge in [0, 0.05) is 29.2 Å². The molecule has 1 aliphatic heterocycles. The number of esters is 1. The normalized spacial score (nSPS) is 14.7. The number of nitrogens with zero attached hydrogens (tertiary/aromatic N) is 1. The molecule has 1 aliphatic rings. The molecule has 1 aromatic carbocycles. The number of primary amides is 1. The fourth-order valence-electron chi connectivity index (χ4n) is 2.76. The van der Waals surface area contributed by atoms with Gasteiger partial charge in [-0.1, -0.05) is 0 Å². The Hall–Kier alpha value is -2.80. The van der Waals surface area contributed by atoms with Gasteiger partial charge in [0.1, 0.15) is 4.21 Å². The number of nitrogens with one attached hydrogen (secondary N) is 1. The van der Waals surface area contributed by atoms with E-state index in [9.17, 15) is 22.8 Å². The highest BCUT2D eigenvalue weighted by molar-refractivity contribution is 7.91. The lowest BCUT2D eigenvalue weighted by atomic mass is 10.2. The number of ether oxygens (including phenoxy) is 2. The number of rotatable bonds is 8. The highest BCUT2D eigenvalue weighted by Gasteiger charge is 2.28. The number of hydrogen-bond donors (Lipinski definition) is 2. The van der Waals surface area contributed by atoms with Crippen molar-refractivity contribution in [2.24, 2.45) is 5.73 Å². The molecule has 0 bridgehead atoms. The number of benzene rings is 1. The first-order chi connectivity index (χ1) is 14.8. The van der Waals surface area contributed by atoms with E-state index in [0.29, 0.717) is 29.3 Å². The van der Waals surface area contributed by atoms with Crippen LogP contribution in [0.2, 0.25) is 0 Å². The van der Waals surface area contributed by atoms with Crippen LogP contribution in [0.1, 0.15) is 15.2 Å². The second-order valence-electron chi connectivity index (χ2n) is 6.56. The van der Waals surface area contributed by atoms with Gasteiger partial charge < -0.3 is 20.5 Å². The van der Waals surface area contributed by atoms with Crippen LogP contribution in [0.5, 0.6) is 0 Å². The van der Waals surface area contributed by atoms with Crippen LogP contribution in [-0.4, -0.2) is 63.4 Å². The number of hydrogen-bond acceptors (Lipinski definition) is 8. The van der Waals surface area contributed by atoms with Crippen LogP contribution in [-0.2, 0) is 35.5 Å². The summed E-state index contributed by atoms with van der Waals surface area (Å²) in [6, 6.07) is 8.94. The van der Waals surface area contributed by atoms with Crippen LogP contribution in [0.3, 0.4) is 0 Å². The Morgan fingerprint density at radius 2 is 1.77 bits per heavy atom. The monoisotopic (exact) mass is 467 g/mol. The average molecular weight is 468 g/mol. The summed E-state index contributed by atoms with van der Waals surface area (Å²) < 4.78 is 36.9. The van der Waals surface area contributed by atoms with Crippen molar-refractivity contribution in [1.29, 1.82) is 0 Å². The molecule has 10 nitrogen and oxygen atoms in total. The van der Waals surface area contributed by atoms with E-state index in [1.165, 1.54) is 34.6 Å². The van der Waals surface area contributed by atoms with Crippen LogP contribution in [0.25, 0.3) is 0 Å². The quantitative estimate of drug-likeness (QED) is 0.541. The zero-order chi connectivity index (χ0) is 22.4. The predicted octanol–water partition coefficient (Wildman–Crippen LogP) is 0.592. The molecule has 0 unspecified atom stereocenters. The number of anilines is 1. The van der Waals surface area contributed by atoms with Gasteiger partial charge in [-0.25, -0.2) is 8.42 Å². The maximum Gasteiger partial charge on any atom is 0.311 e. The fraction of sp³-hybridized carbons (Fsp3) is 0.316. The van der Waals surface area contributed by atoms with Gasteiger partial charge in [-0.15, -0.1) is 11.3 Å². The summed E-state index contributed by atoms with van der Waals surface area (Å²) in [5.74, 6) is -1.79. The Labute approximate surface area is 183 Å². The molecule has 2 heterocycles. The first kappa shape index (κ1) is 22.9. The largest absolute Gasteiger partial charge is 0.455 e. The molecule has 3 rings (SSSR count). The fourth-order valence-corrected chi connectivity index (χ4v) is 5.66. The second kappa shape index (κ2) is 10.0. The van der Waals surface area contributed by atoms with Gasteiger partial charge in [0.05, 0.1) is 19.6 Å². The third-order valence-corrected chi connectivity index (χ3v) is 7.79. The molecule has 0 aliphatic carbocycles. The van der Waals surface area contributed by atoms with Gasteiger partial charge in [0.25, 0.3) is 15.9 Å². The highest BCUT2D eigenvalue weighted by Crippen LogP contribution is 2.26. The molecule has 3 N–H and O–H groups in total. The van der Waals surface area contributed by atoms with Crippen LogP contribution in [0.15, 0.2) is 40.6 Å². The third kappa shape index (κ3) is 6.10. The average Bonchev–Trinajstić information content (AvgIpc) is 3.22. The van der Waals surface area contributed by atoms with E-state index in [2.05, 4.69) is 5.32 Å². The molecule has 0 atom stereocenters. The molecule has 1 aromatic heterocycles. The van der Waals surface area contributed by atoms with Crippen molar-refractivity contribution in [2.45, 2.75) is 10.6 Å². The van der Waals surface area contributed by atoms with Crippen LogP contribution in [0.4, 0.5) is 5.69 Å². The Bertz CT molecular complexity index is 1060. The predicted molar refractivity (Wildman–Crippen MR) is 112 cm³/mol. The smallest absolute Gasteiger partial charge is 0.311 e. The van der Waals surface area contributed by atoms with Gasteiger partial charge in [-0.3, -0.25) is 14.4 Å². The molecule has 166 valence electrons. The molecule has 1 saturated heterocycles. The minimum Gasteiger partial charge on any atom is -0.455 e. The summed E-state index contributed by atoms with van der Waals surface area (Å²) in [5.41, 5.74) is 5.87. The lowest BCUT2D eigenvalue weighted by Crippen LogP contribution is -2.40. The van der Waals surface area contributed by atoms with E-state index >= 15 is 0 Å². The Balaban J connectivity index is 1.48. The van der Waals surface area contributed by atoms with Crippen LogP contribution >= 0.6 is 11.3 Å². The molecule has 2 aromatic rings. The second-order valence-corrected chi connectivity index (χ2v) is 9.90. The summed E-state index contributed by atoms with van der Waals surface area (Å²) in [5, 5.41) is 2.53. The molecule has 1 fully saturated rings. The Morgan fingerprint density at radius 3 is 2.42 bits per heavy atom. The van der Waals surface area contributed by atoms with Gasteiger partial charge in [0.15, 0.2) is 6.61 Å². The number of nitrogens with two attached hydrogens (primary N) is 1. The third-order valence-electron chi connectivity index (χ3n) is 4.34. The zero-order valence-electron chi connectivity index (χ0n) is 16.4. The number of amides is 2. The molecule has 0 saturated carbocycles. The standard InChI is InChI=1S/C19H21N3O7S2/c20-19(25)13-1-3-14(4-2-13)21-16(23)12-29-17(24)11-15-5-6-18(30-15)31(26,27)22-7-9-28-10-8-22/h1-6H,7-12H2,(H2,20,25)(H,21,23). The van der Waals surface area contributed by atoms with Crippen molar-refractivity contribution in [3.63, 3.8) is 0 Å². The first-order valence-electron chi connectivity index (χ1n) is 9.27. The summed E-state index contributed by atoms with van der Waals surface area (Å²) in [7, 11) is -3.62. The first-order valence-corrected chi connectivity index (χ1v) is 11.5. The van der Waals surface area contributed by atoms with Crippen LogP contribution < -0.4 is 11.1 Å².